The van der Waals surface area contributed by atoms with E-state index in [1.165, 1.54) is 5.56 Å². The summed E-state index contributed by atoms with van der Waals surface area (Å²) in [5.41, 5.74) is 2.20. The summed E-state index contributed by atoms with van der Waals surface area (Å²) in [4.78, 5) is 20.8. The van der Waals surface area contributed by atoms with Crippen LogP contribution in [0.5, 0.6) is 0 Å². The van der Waals surface area contributed by atoms with Crippen LogP contribution in [0, 0.1) is 0 Å². The Bertz CT molecular complexity index is 922. The standard InChI is InChI=1S/C18H22N8OS/c1-2-14(12-19-3-1)13-24-4-6-25(7-5-24)17-18(26-8-10-28-11-9-26)21-16-15(20-17)22-27-23-16/h1-3,12H,4-11,13H2. The van der Waals surface area contributed by atoms with Gasteiger partial charge in [0.15, 0.2) is 11.6 Å². The summed E-state index contributed by atoms with van der Waals surface area (Å²) in [5.74, 6) is 4.02. The number of rotatable bonds is 4. The first-order valence-corrected chi connectivity index (χ1v) is 10.7. The second kappa shape index (κ2) is 7.88. The van der Waals surface area contributed by atoms with E-state index in [1.807, 2.05) is 30.2 Å². The summed E-state index contributed by atoms with van der Waals surface area (Å²) < 4.78 is 4.85. The number of piperazine rings is 1. The summed E-state index contributed by atoms with van der Waals surface area (Å²) in [6.07, 6.45) is 3.76. The Morgan fingerprint density at radius 1 is 0.893 bits per heavy atom. The minimum atomic E-state index is 0.475. The zero-order chi connectivity index (χ0) is 18.8. The molecule has 5 rings (SSSR count). The molecule has 3 aromatic heterocycles. The average molecular weight is 398 g/mol. The van der Waals surface area contributed by atoms with Crippen LogP contribution in [0.25, 0.3) is 11.3 Å². The van der Waals surface area contributed by atoms with Gasteiger partial charge in [-0.05, 0) is 21.9 Å². The van der Waals surface area contributed by atoms with E-state index in [9.17, 15) is 0 Å². The van der Waals surface area contributed by atoms with Gasteiger partial charge in [0.1, 0.15) is 0 Å². The predicted octanol–water partition coefficient (Wildman–Crippen LogP) is 1.28. The molecule has 2 aliphatic rings. The highest BCUT2D eigenvalue weighted by Gasteiger charge is 2.26. The number of nitrogens with zero attached hydrogens (tertiary/aromatic N) is 8. The maximum atomic E-state index is 4.85. The minimum Gasteiger partial charge on any atom is -0.352 e. The van der Waals surface area contributed by atoms with Crippen molar-refractivity contribution in [1.29, 1.82) is 0 Å². The highest BCUT2D eigenvalue weighted by Crippen LogP contribution is 2.30. The number of aromatic nitrogens is 5. The smallest absolute Gasteiger partial charge is 0.245 e. The van der Waals surface area contributed by atoms with Gasteiger partial charge >= 0.3 is 0 Å². The van der Waals surface area contributed by atoms with Crippen molar-refractivity contribution in [2.75, 3.05) is 60.6 Å². The topological polar surface area (TPSA) is 87.3 Å². The molecule has 5 heterocycles. The zero-order valence-electron chi connectivity index (χ0n) is 15.6. The fourth-order valence-corrected chi connectivity index (χ4v) is 4.59. The van der Waals surface area contributed by atoms with E-state index in [2.05, 4.69) is 36.1 Å². The van der Waals surface area contributed by atoms with Gasteiger partial charge in [0.25, 0.3) is 0 Å². The third kappa shape index (κ3) is 3.61. The fraction of sp³-hybridized carbons (Fsp3) is 0.500. The second-order valence-corrected chi connectivity index (χ2v) is 8.23. The van der Waals surface area contributed by atoms with Crippen molar-refractivity contribution in [1.82, 2.24) is 30.2 Å². The van der Waals surface area contributed by atoms with E-state index in [0.717, 1.165) is 69.0 Å². The second-order valence-electron chi connectivity index (χ2n) is 7.01. The van der Waals surface area contributed by atoms with Gasteiger partial charge in [-0.3, -0.25) is 9.88 Å². The molecule has 0 bridgehead atoms. The van der Waals surface area contributed by atoms with Gasteiger partial charge in [0.05, 0.1) is 0 Å². The van der Waals surface area contributed by atoms with Gasteiger partial charge in [-0.25, -0.2) is 14.6 Å². The van der Waals surface area contributed by atoms with E-state index >= 15 is 0 Å². The molecule has 0 amide bonds. The van der Waals surface area contributed by atoms with E-state index in [-0.39, 0.29) is 0 Å². The summed E-state index contributed by atoms with van der Waals surface area (Å²) in [6.45, 7) is 6.63. The quantitative estimate of drug-likeness (QED) is 0.640. The van der Waals surface area contributed by atoms with E-state index in [4.69, 9.17) is 14.6 Å². The molecule has 2 saturated heterocycles. The first kappa shape index (κ1) is 17.6. The molecule has 0 aliphatic carbocycles. The van der Waals surface area contributed by atoms with Crippen LogP contribution in [0.3, 0.4) is 0 Å². The molecule has 2 fully saturated rings. The summed E-state index contributed by atoms with van der Waals surface area (Å²) in [7, 11) is 0. The maximum absolute atomic E-state index is 4.85. The number of pyridine rings is 1. The maximum Gasteiger partial charge on any atom is 0.245 e. The van der Waals surface area contributed by atoms with E-state index in [1.54, 1.807) is 0 Å². The molecule has 0 aromatic carbocycles. The van der Waals surface area contributed by atoms with Crippen LogP contribution >= 0.6 is 11.8 Å². The van der Waals surface area contributed by atoms with Crippen LogP contribution in [-0.4, -0.2) is 80.9 Å². The number of hydrogen-bond donors (Lipinski definition) is 0. The number of thioether (sulfide) groups is 1. The molecule has 3 aromatic rings. The number of hydrogen-bond acceptors (Lipinski definition) is 10. The van der Waals surface area contributed by atoms with Crippen LogP contribution in [0.15, 0.2) is 29.2 Å². The molecule has 0 saturated carbocycles. The molecule has 146 valence electrons. The van der Waals surface area contributed by atoms with Gasteiger partial charge in [0, 0.05) is 69.7 Å². The van der Waals surface area contributed by atoms with Crippen molar-refractivity contribution in [3.8, 4) is 0 Å². The molecule has 9 nitrogen and oxygen atoms in total. The lowest BCUT2D eigenvalue weighted by Crippen LogP contribution is -2.47. The molecule has 0 atom stereocenters. The summed E-state index contributed by atoms with van der Waals surface area (Å²) in [6, 6.07) is 4.12. The monoisotopic (exact) mass is 398 g/mol. The first-order chi connectivity index (χ1) is 13.9. The van der Waals surface area contributed by atoms with Crippen molar-refractivity contribution in [2.45, 2.75) is 6.54 Å². The van der Waals surface area contributed by atoms with E-state index in [0.29, 0.717) is 11.3 Å². The van der Waals surface area contributed by atoms with Crippen LogP contribution in [-0.2, 0) is 6.54 Å². The normalized spacial score (nSPS) is 18.7. The Morgan fingerprint density at radius 3 is 2.21 bits per heavy atom. The van der Waals surface area contributed by atoms with Crippen molar-refractivity contribution in [2.24, 2.45) is 0 Å². The Kier molecular flexibility index (Phi) is 4.96. The van der Waals surface area contributed by atoms with E-state index < -0.39 is 0 Å². The summed E-state index contributed by atoms with van der Waals surface area (Å²) in [5, 5.41) is 7.80. The molecule has 28 heavy (non-hydrogen) atoms. The molecular formula is C18H22N8OS. The Morgan fingerprint density at radius 2 is 1.57 bits per heavy atom. The van der Waals surface area contributed by atoms with Gasteiger partial charge in [-0.1, -0.05) is 6.07 Å². The van der Waals surface area contributed by atoms with Crippen LogP contribution in [0.1, 0.15) is 5.56 Å². The Labute approximate surface area is 167 Å². The predicted molar refractivity (Wildman–Crippen MR) is 109 cm³/mol. The third-order valence-electron chi connectivity index (χ3n) is 5.19. The molecule has 2 aliphatic heterocycles. The zero-order valence-corrected chi connectivity index (χ0v) is 16.4. The van der Waals surface area contributed by atoms with Gasteiger partial charge in [0.2, 0.25) is 11.3 Å². The molecule has 0 unspecified atom stereocenters. The van der Waals surface area contributed by atoms with Crippen molar-refractivity contribution in [3.63, 3.8) is 0 Å². The SMILES string of the molecule is c1cncc(CN2CCN(c3nc4nonc4nc3N3CCSCC3)CC2)c1. The molecule has 0 spiro atoms. The minimum absolute atomic E-state index is 0.475. The van der Waals surface area contributed by atoms with Crippen molar-refractivity contribution < 1.29 is 4.63 Å². The largest absolute Gasteiger partial charge is 0.352 e. The molecule has 10 heteroatoms. The highest BCUT2D eigenvalue weighted by atomic mass is 32.2. The lowest BCUT2D eigenvalue weighted by Gasteiger charge is -2.37. The lowest BCUT2D eigenvalue weighted by molar-refractivity contribution is 0.249. The van der Waals surface area contributed by atoms with Crippen molar-refractivity contribution in [3.05, 3.63) is 30.1 Å². The van der Waals surface area contributed by atoms with Gasteiger partial charge in [-0.2, -0.15) is 11.8 Å². The highest BCUT2D eigenvalue weighted by molar-refractivity contribution is 7.99. The summed E-state index contributed by atoms with van der Waals surface area (Å²) >= 11 is 1.98. The van der Waals surface area contributed by atoms with Crippen LogP contribution in [0.2, 0.25) is 0 Å². The van der Waals surface area contributed by atoms with Crippen molar-refractivity contribution >= 4 is 34.7 Å². The average Bonchev–Trinajstić information content (AvgIpc) is 3.22. The van der Waals surface area contributed by atoms with Gasteiger partial charge < -0.3 is 9.80 Å². The van der Waals surface area contributed by atoms with Crippen LogP contribution < -0.4 is 9.80 Å². The number of anilines is 2. The molecule has 0 radical (unpaired) electrons. The first-order valence-electron chi connectivity index (χ1n) is 9.56. The lowest BCUT2D eigenvalue weighted by atomic mass is 10.2. The molecular weight excluding hydrogens is 376 g/mol. The molecule has 0 N–H and O–H groups in total. The third-order valence-corrected chi connectivity index (χ3v) is 6.13. The Balaban J connectivity index is 1.35. The fourth-order valence-electron chi connectivity index (χ4n) is 3.69. The number of fused-ring (bicyclic) bond motifs is 1. The van der Waals surface area contributed by atoms with Crippen LogP contribution in [0.4, 0.5) is 11.6 Å². The Hall–Kier alpha value is -2.46. The van der Waals surface area contributed by atoms with Gasteiger partial charge in [-0.15, -0.1) is 0 Å².